The molecule has 1 atom stereocenters. The van der Waals surface area contributed by atoms with E-state index >= 15 is 0 Å². The molecule has 0 aliphatic carbocycles. The molecule has 1 fully saturated rings. The van der Waals surface area contributed by atoms with Crippen molar-refractivity contribution in [1.82, 2.24) is 9.80 Å². The Bertz CT molecular complexity index is 233. The number of rotatable bonds is 2. The highest BCUT2D eigenvalue weighted by molar-refractivity contribution is 5.08. The molecule has 16 heavy (non-hydrogen) atoms. The maximum Gasteiger partial charge on any atom is 0.416 e. The zero-order valence-corrected chi connectivity index (χ0v) is 8.93. The van der Waals surface area contributed by atoms with Crippen molar-refractivity contribution in [2.75, 3.05) is 33.2 Å². The predicted octanol–water partition coefficient (Wildman–Crippen LogP) is 1.80. The normalized spacial score (nSPS) is 21.3. The maximum atomic E-state index is 13.4. The molecule has 1 rings (SSSR count). The van der Waals surface area contributed by atoms with Crippen molar-refractivity contribution in [3.8, 4) is 0 Å². The van der Waals surface area contributed by atoms with E-state index in [0.29, 0.717) is 26.2 Å². The van der Waals surface area contributed by atoms with Crippen molar-refractivity contribution in [2.24, 2.45) is 0 Å². The lowest BCUT2D eigenvalue weighted by Gasteiger charge is -2.35. The van der Waals surface area contributed by atoms with Gasteiger partial charge in [0.25, 0.3) is 0 Å². The molecular weight excluding hydrogens is 231 g/mol. The van der Waals surface area contributed by atoms with E-state index in [2.05, 4.69) is 6.58 Å². The summed E-state index contributed by atoms with van der Waals surface area (Å²) in [5.41, 5.74) is -1.31. The summed E-state index contributed by atoms with van der Waals surface area (Å²) in [6.45, 7) is 4.51. The van der Waals surface area contributed by atoms with Crippen LogP contribution in [0.5, 0.6) is 0 Å². The number of hydrogen-bond acceptors (Lipinski definition) is 2. The molecular formula is C9H15F5N2. The molecule has 1 aliphatic heterocycles. The van der Waals surface area contributed by atoms with Crippen molar-refractivity contribution in [3.05, 3.63) is 12.2 Å². The molecule has 1 unspecified atom stereocenters. The van der Waals surface area contributed by atoms with Gasteiger partial charge in [-0.2, -0.15) is 13.2 Å². The molecule has 96 valence electrons. The number of likely N-dealkylation sites (N-methyl/N-ethyl adjacent to an activating group) is 1. The predicted molar refractivity (Wildman–Crippen MR) is 51.7 cm³/mol. The molecule has 0 aromatic rings. The summed E-state index contributed by atoms with van der Waals surface area (Å²) >= 11 is 0. The van der Waals surface area contributed by atoms with E-state index < -0.39 is 18.0 Å². The summed E-state index contributed by atoms with van der Waals surface area (Å²) in [6.07, 6.45) is -6.76. The van der Waals surface area contributed by atoms with Crippen molar-refractivity contribution in [3.63, 3.8) is 0 Å². The second-order valence-corrected chi connectivity index (χ2v) is 3.70. The van der Waals surface area contributed by atoms with Gasteiger partial charge in [-0.15, -0.1) is 0 Å². The number of halogens is 5. The summed E-state index contributed by atoms with van der Waals surface area (Å²) in [5.74, 6) is 0. The number of hydrogen-bond donors (Lipinski definition) is 0. The Kier molecular flexibility index (Phi) is 5.34. The average molecular weight is 246 g/mol. The topological polar surface area (TPSA) is 6.48 Å². The van der Waals surface area contributed by atoms with E-state index in [0.717, 1.165) is 4.90 Å². The number of alkyl halides is 4. The molecule has 0 radical (unpaired) electrons. The lowest BCUT2D eigenvalue weighted by molar-refractivity contribution is -0.112. The van der Waals surface area contributed by atoms with Crippen LogP contribution >= 0.6 is 0 Å². The monoisotopic (exact) mass is 246 g/mol. The second kappa shape index (κ2) is 5.58. The van der Waals surface area contributed by atoms with Gasteiger partial charge < -0.3 is 4.90 Å². The van der Waals surface area contributed by atoms with Crippen molar-refractivity contribution < 1.29 is 22.3 Å². The van der Waals surface area contributed by atoms with Crippen molar-refractivity contribution in [1.29, 1.82) is 0 Å². The highest BCUT2D eigenvalue weighted by Crippen LogP contribution is 2.29. The summed E-state index contributed by atoms with van der Waals surface area (Å²) in [4.78, 5) is 3.11. The van der Waals surface area contributed by atoms with E-state index in [1.807, 2.05) is 11.9 Å². The quantitative estimate of drug-likeness (QED) is 0.416. The van der Waals surface area contributed by atoms with Crippen molar-refractivity contribution in [2.45, 2.75) is 12.5 Å². The van der Waals surface area contributed by atoms with E-state index in [1.165, 1.54) is 0 Å². The Morgan fingerprint density at radius 2 is 1.62 bits per heavy atom. The minimum absolute atomic E-state index is 0. The third kappa shape index (κ3) is 3.71. The van der Waals surface area contributed by atoms with Gasteiger partial charge in [-0.3, -0.25) is 9.60 Å². The number of nitrogens with zero attached hydrogens (tertiary/aromatic N) is 2. The van der Waals surface area contributed by atoms with Crippen LogP contribution in [0.3, 0.4) is 0 Å². The van der Waals surface area contributed by atoms with Crippen LogP contribution in [0.2, 0.25) is 0 Å². The van der Waals surface area contributed by atoms with Crippen LogP contribution in [0.15, 0.2) is 12.2 Å². The minimum Gasteiger partial charge on any atom is -0.304 e. The molecule has 0 N–H and O–H groups in total. The Morgan fingerprint density at radius 1 is 1.19 bits per heavy atom. The molecule has 0 bridgehead atoms. The van der Waals surface area contributed by atoms with Crippen LogP contribution in [0.1, 0.15) is 0 Å². The largest absolute Gasteiger partial charge is 0.416 e. The van der Waals surface area contributed by atoms with Crippen LogP contribution in [-0.2, 0) is 0 Å². The average Bonchev–Trinajstić information content (AvgIpc) is 2.15. The first kappa shape index (κ1) is 15.3. The summed E-state index contributed by atoms with van der Waals surface area (Å²) in [7, 11) is 1.85. The Hall–Kier alpha value is -0.690. The van der Waals surface area contributed by atoms with Crippen LogP contribution in [0, 0.1) is 0 Å². The molecule has 0 aromatic carbocycles. The molecule has 0 spiro atoms. The second-order valence-electron chi connectivity index (χ2n) is 3.70. The number of piperazine rings is 1. The first-order chi connectivity index (χ1) is 6.82. The summed E-state index contributed by atoms with van der Waals surface area (Å²) in [5, 5.41) is 0. The Balaban J connectivity index is 0.00000225. The van der Waals surface area contributed by atoms with Crippen LogP contribution < -0.4 is 0 Å². The van der Waals surface area contributed by atoms with E-state index in [4.69, 9.17) is 0 Å². The first-order valence-electron chi connectivity index (χ1n) is 4.65. The highest BCUT2D eigenvalue weighted by atomic mass is 19.4. The van der Waals surface area contributed by atoms with Gasteiger partial charge in [0.1, 0.15) is 0 Å². The SMILES string of the molecule is C=C(C(F)N1CCN(C)CC1)C(F)(F)F.F. The van der Waals surface area contributed by atoms with E-state index in [1.54, 1.807) is 0 Å². The fourth-order valence-corrected chi connectivity index (χ4v) is 1.40. The zero-order valence-electron chi connectivity index (χ0n) is 8.93. The van der Waals surface area contributed by atoms with Gasteiger partial charge in [0, 0.05) is 26.2 Å². The van der Waals surface area contributed by atoms with Gasteiger partial charge >= 0.3 is 6.18 Å². The first-order valence-corrected chi connectivity index (χ1v) is 4.65. The molecule has 0 saturated carbocycles. The third-order valence-corrected chi connectivity index (χ3v) is 2.51. The van der Waals surface area contributed by atoms with Gasteiger partial charge in [0.05, 0.1) is 5.57 Å². The zero-order chi connectivity index (χ0) is 11.6. The molecule has 0 aromatic heterocycles. The molecule has 0 amide bonds. The molecule has 1 heterocycles. The Labute approximate surface area is 90.9 Å². The molecule has 1 aliphatic rings. The van der Waals surface area contributed by atoms with Crippen molar-refractivity contribution >= 4 is 0 Å². The van der Waals surface area contributed by atoms with Crippen LogP contribution in [-0.4, -0.2) is 55.5 Å². The lowest BCUT2D eigenvalue weighted by atomic mass is 10.2. The smallest absolute Gasteiger partial charge is 0.304 e. The van der Waals surface area contributed by atoms with E-state index in [9.17, 15) is 17.6 Å². The maximum absolute atomic E-state index is 13.4. The molecule has 2 nitrogen and oxygen atoms in total. The molecule has 7 heteroatoms. The summed E-state index contributed by atoms with van der Waals surface area (Å²) < 4.78 is 49.9. The van der Waals surface area contributed by atoms with Crippen LogP contribution in [0.4, 0.5) is 22.3 Å². The van der Waals surface area contributed by atoms with Gasteiger partial charge in [-0.25, -0.2) is 4.39 Å². The standard InChI is InChI=1S/C9H14F4N2.FH/c1-7(9(11,12)13)8(10)15-5-3-14(2)4-6-15;/h8H,1,3-6H2,2H3;1H. The van der Waals surface area contributed by atoms with E-state index in [-0.39, 0.29) is 4.70 Å². The summed E-state index contributed by atoms with van der Waals surface area (Å²) in [6, 6.07) is 0. The van der Waals surface area contributed by atoms with Crippen LogP contribution in [0.25, 0.3) is 0 Å². The van der Waals surface area contributed by atoms with Gasteiger partial charge in [-0.05, 0) is 7.05 Å². The van der Waals surface area contributed by atoms with Gasteiger partial charge in [0.2, 0.25) is 0 Å². The fraction of sp³-hybridized carbons (Fsp3) is 0.778. The molecule has 1 saturated heterocycles. The highest BCUT2D eigenvalue weighted by Gasteiger charge is 2.40. The third-order valence-electron chi connectivity index (χ3n) is 2.51. The van der Waals surface area contributed by atoms with Gasteiger partial charge in [0.15, 0.2) is 6.30 Å². The fourth-order valence-electron chi connectivity index (χ4n) is 1.40. The van der Waals surface area contributed by atoms with Gasteiger partial charge in [-0.1, -0.05) is 6.58 Å². The lowest BCUT2D eigenvalue weighted by Crippen LogP contribution is -2.49. The minimum atomic E-state index is -4.65. The Morgan fingerprint density at radius 3 is 2.00 bits per heavy atom.